The fourth-order valence-corrected chi connectivity index (χ4v) is 4.27. The lowest BCUT2D eigenvalue weighted by Gasteiger charge is -2.42. The summed E-state index contributed by atoms with van der Waals surface area (Å²) in [6.45, 7) is 13.9. The zero-order valence-corrected chi connectivity index (χ0v) is 18.3. The molecule has 0 bridgehead atoms. The second-order valence-corrected chi connectivity index (χ2v) is 9.33. The van der Waals surface area contributed by atoms with Gasteiger partial charge in [-0.05, 0) is 78.0 Å². The second kappa shape index (κ2) is 7.27. The van der Waals surface area contributed by atoms with Crippen LogP contribution in [0.25, 0.3) is 17.2 Å². The topological polar surface area (TPSA) is 31.2 Å². The number of aromatic nitrogens is 1. The first-order chi connectivity index (χ1) is 13.0. The van der Waals surface area contributed by atoms with E-state index in [1.165, 1.54) is 46.7 Å². The summed E-state index contributed by atoms with van der Waals surface area (Å²) < 4.78 is 7.04. The van der Waals surface area contributed by atoms with Crippen LogP contribution in [0.4, 0.5) is 0 Å². The molecule has 0 saturated carbocycles. The zero-order chi connectivity index (χ0) is 20.7. The van der Waals surface area contributed by atoms with E-state index in [1.807, 2.05) is 20.0 Å². The SMILES string of the molecule is CCOC(=O)/C=C/c1cc(-c2cc3c(cc2C)C(C)(C)CCC3(C)C)cn1C. The van der Waals surface area contributed by atoms with Crippen LogP contribution in [0, 0.1) is 6.92 Å². The summed E-state index contributed by atoms with van der Waals surface area (Å²) in [4.78, 5) is 11.6. The summed E-state index contributed by atoms with van der Waals surface area (Å²) >= 11 is 0. The Kier molecular flexibility index (Phi) is 5.31. The Labute approximate surface area is 169 Å². The standard InChI is InChI=1S/C25H33NO2/c1-8-28-23(27)10-9-19-14-18(16-26(19)7)20-15-22-21(13-17(20)2)24(3,4)11-12-25(22,5)6/h9-10,13-16H,8,11-12H2,1-7H3/b10-9+. The third-order valence-electron chi connectivity index (χ3n) is 6.23. The van der Waals surface area contributed by atoms with Gasteiger partial charge in [0.25, 0.3) is 0 Å². The van der Waals surface area contributed by atoms with Gasteiger partial charge in [0.05, 0.1) is 6.61 Å². The quantitative estimate of drug-likeness (QED) is 0.487. The molecule has 1 aliphatic carbocycles. The molecule has 1 aliphatic rings. The molecule has 3 nitrogen and oxygen atoms in total. The Bertz CT molecular complexity index is 928. The van der Waals surface area contributed by atoms with Crippen molar-refractivity contribution in [3.8, 4) is 11.1 Å². The van der Waals surface area contributed by atoms with Crippen molar-refractivity contribution < 1.29 is 9.53 Å². The number of esters is 1. The van der Waals surface area contributed by atoms with Crippen molar-refractivity contribution in [1.82, 2.24) is 4.57 Å². The number of hydrogen-bond donors (Lipinski definition) is 0. The predicted octanol–water partition coefficient (Wildman–Crippen LogP) is 5.93. The smallest absolute Gasteiger partial charge is 0.330 e. The Hall–Kier alpha value is -2.29. The lowest BCUT2D eigenvalue weighted by atomic mass is 9.62. The Morgan fingerprint density at radius 3 is 2.32 bits per heavy atom. The summed E-state index contributed by atoms with van der Waals surface area (Å²) in [5.74, 6) is -0.306. The fourth-order valence-electron chi connectivity index (χ4n) is 4.27. The number of nitrogens with zero attached hydrogens (tertiary/aromatic N) is 1. The lowest BCUT2D eigenvalue weighted by Crippen LogP contribution is -2.34. The van der Waals surface area contributed by atoms with E-state index in [1.54, 1.807) is 0 Å². The van der Waals surface area contributed by atoms with Crippen LogP contribution < -0.4 is 0 Å². The van der Waals surface area contributed by atoms with Crippen molar-refractivity contribution in [3.05, 3.63) is 52.9 Å². The van der Waals surface area contributed by atoms with Gasteiger partial charge < -0.3 is 9.30 Å². The van der Waals surface area contributed by atoms with Crippen LogP contribution in [-0.4, -0.2) is 17.1 Å². The van der Waals surface area contributed by atoms with Gasteiger partial charge in [-0.15, -0.1) is 0 Å². The molecule has 0 unspecified atom stereocenters. The molecule has 0 atom stereocenters. The Morgan fingerprint density at radius 2 is 1.71 bits per heavy atom. The van der Waals surface area contributed by atoms with Gasteiger partial charge in [0.2, 0.25) is 0 Å². The Morgan fingerprint density at radius 1 is 1.11 bits per heavy atom. The predicted molar refractivity (Wildman–Crippen MR) is 117 cm³/mol. The molecule has 0 N–H and O–H groups in total. The Balaban J connectivity index is 2.04. The summed E-state index contributed by atoms with van der Waals surface area (Å²) in [5.41, 5.74) is 8.12. The number of carbonyl (C=O) groups excluding carboxylic acids is 1. The molecule has 0 amide bonds. The van der Waals surface area contributed by atoms with Crippen LogP contribution >= 0.6 is 0 Å². The maximum atomic E-state index is 11.6. The molecule has 0 aliphatic heterocycles. The highest BCUT2D eigenvalue weighted by atomic mass is 16.5. The van der Waals surface area contributed by atoms with E-state index in [4.69, 9.17) is 4.74 Å². The molecule has 1 heterocycles. The number of hydrogen-bond acceptors (Lipinski definition) is 2. The van der Waals surface area contributed by atoms with Gasteiger partial charge in [0.1, 0.15) is 0 Å². The van der Waals surface area contributed by atoms with E-state index in [9.17, 15) is 4.79 Å². The maximum absolute atomic E-state index is 11.6. The van der Waals surface area contributed by atoms with Crippen molar-refractivity contribution in [2.75, 3.05) is 6.61 Å². The maximum Gasteiger partial charge on any atom is 0.330 e. The zero-order valence-electron chi connectivity index (χ0n) is 18.3. The summed E-state index contributed by atoms with van der Waals surface area (Å²) in [6.07, 6.45) is 7.88. The van der Waals surface area contributed by atoms with Crippen LogP contribution in [0.15, 0.2) is 30.5 Å². The van der Waals surface area contributed by atoms with Crippen LogP contribution in [-0.2, 0) is 27.4 Å². The van der Waals surface area contributed by atoms with Crippen LogP contribution in [0.1, 0.15) is 69.8 Å². The van der Waals surface area contributed by atoms with Gasteiger partial charge in [0.15, 0.2) is 0 Å². The molecule has 0 radical (unpaired) electrons. The number of benzene rings is 1. The molecule has 0 spiro atoms. The minimum absolute atomic E-state index is 0.189. The molecule has 0 fully saturated rings. The van der Waals surface area contributed by atoms with Crippen molar-refractivity contribution in [3.63, 3.8) is 0 Å². The van der Waals surface area contributed by atoms with E-state index in [0.29, 0.717) is 6.61 Å². The minimum atomic E-state index is -0.306. The van der Waals surface area contributed by atoms with Crippen LogP contribution in [0.5, 0.6) is 0 Å². The molecular weight excluding hydrogens is 346 g/mol. The van der Waals surface area contributed by atoms with Crippen LogP contribution in [0.2, 0.25) is 0 Å². The van der Waals surface area contributed by atoms with E-state index in [2.05, 4.69) is 63.6 Å². The highest BCUT2D eigenvalue weighted by Crippen LogP contribution is 2.47. The molecule has 28 heavy (non-hydrogen) atoms. The van der Waals surface area contributed by atoms with Gasteiger partial charge >= 0.3 is 5.97 Å². The van der Waals surface area contributed by atoms with Crippen molar-refractivity contribution in [1.29, 1.82) is 0 Å². The molecule has 1 aromatic carbocycles. The van der Waals surface area contributed by atoms with Gasteiger partial charge in [-0.3, -0.25) is 0 Å². The van der Waals surface area contributed by atoms with Crippen molar-refractivity contribution in [2.24, 2.45) is 7.05 Å². The number of aryl methyl sites for hydroxylation is 2. The third-order valence-corrected chi connectivity index (χ3v) is 6.23. The minimum Gasteiger partial charge on any atom is -0.463 e. The summed E-state index contributed by atoms with van der Waals surface area (Å²) in [6, 6.07) is 6.94. The number of carbonyl (C=O) groups is 1. The van der Waals surface area contributed by atoms with E-state index in [-0.39, 0.29) is 16.8 Å². The highest BCUT2D eigenvalue weighted by molar-refractivity contribution is 5.87. The molecule has 0 saturated heterocycles. The van der Waals surface area contributed by atoms with Gasteiger partial charge in [-0.1, -0.05) is 33.8 Å². The fraction of sp³-hybridized carbons (Fsp3) is 0.480. The second-order valence-electron chi connectivity index (χ2n) is 9.33. The monoisotopic (exact) mass is 379 g/mol. The number of fused-ring (bicyclic) bond motifs is 1. The van der Waals surface area contributed by atoms with Crippen molar-refractivity contribution in [2.45, 2.75) is 65.2 Å². The van der Waals surface area contributed by atoms with E-state index < -0.39 is 0 Å². The average molecular weight is 380 g/mol. The van der Waals surface area contributed by atoms with Crippen molar-refractivity contribution >= 4 is 12.0 Å². The molecule has 2 aromatic rings. The van der Waals surface area contributed by atoms with E-state index in [0.717, 1.165) is 5.69 Å². The first kappa shape index (κ1) is 20.4. The van der Waals surface area contributed by atoms with Gasteiger partial charge in [-0.2, -0.15) is 0 Å². The summed E-state index contributed by atoms with van der Waals surface area (Å²) in [5, 5.41) is 0. The first-order valence-corrected chi connectivity index (χ1v) is 10.2. The first-order valence-electron chi connectivity index (χ1n) is 10.2. The third kappa shape index (κ3) is 3.80. The van der Waals surface area contributed by atoms with Gasteiger partial charge in [-0.25, -0.2) is 4.79 Å². The van der Waals surface area contributed by atoms with Gasteiger partial charge in [0, 0.05) is 30.6 Å². The lowest BCUT2D eigenvalue weighted by molar-refractivity contribution is -0.137. The number of ether oxygens (including phenoxy) is 1. The molecule has 150 valence electrons. The normalized spacial score (nSPS) is 17.5. The summed E-state index contributed by atoms with van der Waals surface area (Å²) in [7, 11) is 2.01. The van der Waals surface area contributed by atoms with Crippen LogP contribution in [0.3, 0.4) is 0 Å². The highest BCUT2D eigenvalue weighted by Gasteiger charge is 2.37. The molecular formula is C25H33NO2. The molecule has 3 heteroatoms. The largest absolute Gasteiger partial charge is 0.463 e. The number of rotatable bonds is 4. The average Bonchev–Trinajstić information content (AvgIpc) is 2.98. The molecule has 1 aromatic heterocycles. The molecule has 3 rings (SSSR count). The van der Waals surface area contributed by atoms with E-state index >= 15 is 0 Å².